The van der Waals surface area contributed by atoms with Crippen LogP contribution in [0.15, 0.2) is 18.2 Å². The van der Waals surface area contributed by atoms with Gasteiger partial charge >= 0.3 is 5.97 Å². The first-order chi connectivity index (χ1) is 16.7. The number of nitrogens with one attached hydrogen (secondary N) is 4. The fourth-order valence-electron chi connectivity index (χ4n) is 3.94. The summed E-state index contributed by atoms with van der Waals surface area (Å²) in [7, 11) is 0. The van der Waals surface area contributed by atoms with Crippen LogP contribution in [-0.2, 0) is 19.2 Å². The minimum atomic E-state index is -0.574. The topological polar surface area (TPSA) is 129 Å². The lowest BCUT2D eigenvalue weighted by Crippen LogP contribution is -2.26. The predicted octanol–water partition coefficient (Wildman–Crippen LogP) is 3.54. The van der Waals surface area contributed by atoms with Crippen molar-refractivity contribution in [1.29, 1.82) is 0 Å². The quantitative estimate of drug-likeness (QED) is 0.246. The van der Waals surface area contributed by atoms with Gasteiger partial charge < -0.3 is 20.5 Å². The van der Waals surface area contributed by atoms with Crippen LogP contribution in [0.3, 0.4) is 0 Å². The molecule has 1 aromatic carbocycles. The number of aromatic nitrogens is 1. The molecule has 2 heterocycles. The summed E-state index contributed by atoms with van der Waals surface area (Å²) in [6, 6.07) is 4.12. The maximum atomic E-state index is 13.7. The third-order valence-corrected chi connectivity index (χ3v) is 5.68. The zero-order valence-electron chi connectivity index (χ0n) is 20.0. The normalized spacial score (nSPS) is 13.4. The molecule has 35 heavy (non-hydrogen) atoms. The van der Waals surface area contributed by atoms with Gasteiger partial charge in [-0.2, -0.15) is 5.48 Å². The summed E-state index contributed by atoms with van der Waals surface area (Å²) < 4.78 is 13.7. The average Bonchev–Trinajstić information content (AvgIpc) is 3.26. The molecule has 1 aromatic heterocycles. The Hall–Kier alpha value is -3.95. The molecule has 0 unspecified atom stereocenters. The Kier molecular flexibility index (Phi) is 8.40. The number of hydroxylamine groups is 1. The molecule has 3 rings (SSSR count). The Bertz CT molecular complexity index is 1180. The van der Waals surface area contributed by atoms with Crippen molar-refractivity contribution in [3.8, 4) is 0 Å². The molecule has 0 aliphatic carbocycles. The smallest absolute Gasteiger partial charge is 0.329 e. The van der Waals surface area contributed by atoms with Crippen molar-refractivity contribution in [3.05, 3.63) is 52.1 Å². The van der Waals surface area contributed by atoms with Crippen molar-refractivity contribution in [1.82, 2.24) is 15.8 Å². The third kappa shape index (κ3) is 6.56. The van der Waals surface area contributed by atoms with Crippen LogP contribution >= 0.6 is 0 Å². The highest BCUT2D eigenvalue weighted by Crippen LogP contribution is 2.34. The molecule has 0 spiro atoms. The fraction of sp³-hybridized carbons (Fsp3) is 0.360. The molecule has 3 amide bonds. The lowest BCUT2D eigenvalue weighted by molar-refractivity contribution is -0.156. The maximum absolute atomic E-state index is 13.7. The highest BCUT2D eigenvalue weighted by molar-refractivity contribution is 6.34. The standard InChI is InChI=1S/C25H29FN4O5/c1-14-21(13-19-18-12-17(26)9-10-20(18)29-24(19)33)28-15(2)23(14)25(34)27-11-7-5-4-6-8-22(32)30-35-16(3)31/h9-10,12-13,28H,4-8,11H2,1-3H3,(H,27,34)(H,29,33)(H,30,32)/b19-13-. The van der Waals surface area contributed by atoms with Gasteiger partial charge in [0.05, 0.1) is 11.1 Å². The van der Waals surface area contributed by atoms with Gasteiger partial charge in [-0.1, -0.05) is 12.8 Å². The van der Waals surface area contributed by atoms with E-state index in [0.29, 0.717) is 52.3 Å². The van der Waals surface area contributed by atoms with Gasteiger partial charge in [-0.15, -0.1) is 0 Å². The van der Waals surface area contributed by atoms with Crippen LogP contribution in [0.5, 0.6) is 0 Å². The molecule has 10 heteroatoms. The number of carbonyl (C=O) groups is 4. The molecule has 2 aromatic rings. The second-order valence-electron chi connectivity index (χ2n) is 8.40. The molecule has 186 valence electrons. The Balaban J connectivity index is 1.52. The van der Waals surface area contributed by atoms with Gasteiger partial charge in [0.15, 0.2) is 0 Å². The average molecular weight is 485 g/mol. The van der Waals surface area contributed by atoms with E-state index in [1.54, 1.807) is 19.9 Å². The van der Waals surface area contributed by atoms with E-state index in [9.17, 15) is 23.6 Å². The number of carbonyl (C=O) groups excluding carboxylic acids is 4. The van der Waals surface area contributed by atoms with E-state index in [-0.39, 0.29) is 24.1 Å². The number of amides is 3. The summed E-state index contributed by atoms with van der Waals surface area (Å²) in [6.45, 7) is 5.27. The largest absolute Gasteiger partial charge is 0.358 e. The fourth-order valence-corrected chi connectivity index (χ4v) is 3.94. The molecule has 0 saturated carbocycles. The Labute approximate surface area is 202 Å². The molecular weight excluding hydrogens is 455 g/mol. The molecule has 0 bridgehead atoms. The monoisotopic (exact) mass is 484 g/mol. The number of hydrogen-bond acceptors (Lipinski definition) is 5. The van der Waals surface area contributed by atoms with Gasteiger partial charge in [-0.3, -0.25) is 19.2 Å². The van der Waals surface area contributed by atoms with Crippen LogP contribution in [0, 0.1) is 19.7 Å². The number of H-pyrrole nitrogens is 1. The molecule has 9 nitrogen and oxygen atoms in total. The molecular formula is C25H29FN4O5. The number of hydrogen-bond donors (Lipinski definition) is 4. The van der Waals surface area contributed by atoms with Crippen molar-refractivity contribution in [2.75, 3.05) is 11.9 Å². The van der Waals surface area contributed by atoms with Gasteiger partial charge in [0.1, 0.15) is 5.82 Å². The zero-order chi connectivity index (χ0) is 25.5. The Morgan fingerprint density at radius 3 is 2.60 bits per heavy atom. The van der Waals surface area contributed by atoms with Crippen molar-refractivity contribution >= 4 is 41.0 Å². The first-order valence-corrected chi connectivity index (χ1v) is 11.4. The lowest BCUT2D eigenvalue weighted by Gasteiger charge is -2.07. The van der Waals surface area contributed by atoms with E-state index in [4.69, 9.17) is 0 Å². The number of rotatable bonds is 9. The SMILES string of the molecule is CC(=O)ONC(=O)CCCCCCNC(=O)c1c(C)[nH]c(/C=C2\C(=O)Nc3ccc(F)cc32)c1C. The van der Waals surface area contributed by atoms with E-state index < -0.39 is 11.8 Å². The Morgan fingerprint density at radius 2 is 1.86 bits per heavy atom. The number of aromatic amines is 1. The molecule has 4 N–H and O–H groups in total. The number of aryl methyl sites for hydroxylation is 1. The number of benzene rings is 1. The second kappa shape index (κ2) is 11.5. The summed E-state index contributed by atoms with van der Waals surface area (Å²) in [5, 5.41) is 5.62. The molecule has 0 atom stereocenters. The predicted molar refractivity (Wildman–Crippen MR) is 128 cm³/mol. The zero-order valence-corrected chi connectivity index (χ0v) is 20.0. The van der Waals surface area contributed by atoms with E-state index in [2.05, 4.69) is 25.9 Å². The highest BCUT2D eigenvalue weighted by Gasteiger charge is 2.26. The summed E-state index contributed by atoms with van der Waals surface area (Å²) in [5.41, 5.74) is 5.92. The van der Waals surface area contributed by atoms with Gasteiger partial charge in [0.2, 0.25) is 0 Å². The summed E-state index contributed by atoms with van der Waals surface area (Å²) >= 11 is 0. The minimum Gasteiger partial charge on any atom is -0.358 e. The maximum Gasteiger partial charge on any atom is 0.329 e. The van der Waals surface area contributed by atoms with Crippen LogP contribution < -0.4 is 16.1 Å². The van der Waals surface area contributed by atoms with Crippen LogP contribution in [0.25, 0.3) is 11.6 Å². The summed E-state index contributed by atoms with van der Waals surface area (Å²) in [5.74, 6) is -1.90. The van der Waals surface area contributed by atoms with Crippen molar-refractivity contribution < 1.29 is 28.4 Å². The number of anilines is 1. The number of halogens is 1. The molecule has 1 aliphatic heterocycles. The molecule has 0 fully saturated rings. The van der Waals surface area contributed by atoms with Gasteiger partial charge in [0.25, 0.3) is 17.7 Å². The van der Waals surface area contributed by atoms with E-state index in [1.165, 1.54) is 25.1 Å². The van der Waals surface area contributed by atoms with Crippen molar-refractivity contribution in [2.24, 2.45) is 0 Å². The highest BCUT2D eigenvalue weighted by atomic mass is 19.1. The van der Waals surface area contributed by atoms with Crippen molar-refractivity contribution in [2.45, 2.75) is 52.9 Å². The number of fused-ring (bicyclic) bond motifs is 1. The van der Waals surface area contributed by atoms with E-state index in [1.807, 2.05) is 0 Å². The van der Waals surface area contributed by atoms with E-state index in [0.717, 1.165) is 19.3 Å². The minimum absolute atomic E-state index is 0.219. The van der Waals surface area contributed by atoms with Gasteiger partial charge in [-0.05, 0) is 56.5 Å². The van der Waals surface area contributed by atoms with Gasteiger partial charge in [0, 0.05) is 42.5 Å². The third-order valence-electron chi connectivity index (χ3n) is 5.68. The van der Waals surface area contributed by atoms with Crippen LogP contribution in [0.4, 0.5) is 10.1 Å². The summed E-state index contributed by atoms with van der Waals surface area (Å²) in [6.07, 6.45) is 4.92. The Morgan fingerprint density at radius 1 is 1.11 bits per heavy atom. The van der Waals surface area contributed by atoms with Crippen LogP contribution in [0.2, 0.25) is 0 Å². The first kappa shape index (κ1) is 25.7. The first-order valence-electron chi connectivity index (χ1n) is 11.4. The van der Waals surface area contributed by atoms with Crippen LogP contribution in [0.1, 0.15) is 71.9 Å². The van der Waals surface area contributed by atoms with Gasteiger partial charge in [-0.25, -0.2) is 4.39 Å². The number of unbranched alkanes of at least 4 members (excludes halogenated alkanes) is 3. The van der Waals surface area contributed by atoms with Crippen LogP contribution in [-0.4, -0.2) is 35.2 Å². The molecule has 0 radical (unpaired) electrons. The second-order valence-corrected chi connectivity index (χ2v) is 8.40. The lowest BCUT2D eigenvalue weighted by atomic mass is 10.0. The molecule has 0 saturated heterocycles. The van der Waals surface area contributed by atoms with E-state index >= 15 is 0 Å². The van der Waals surface area contributed by atoms with Crippen molar-refractivity contribution in [3.63, 3.8) is 0 Å². The summed E-state index contributed by atoms with van der Waals surface area (Å²) in [4.78, 5) is 54.8. The molecule has 1 aliphatic rings.